The number of carbonyl (C=O) groups is 1. The summed E-state index contributed by atoms with van der Waals surface area (Å²) in [5.41, 5.74) is 0.912. The third kappa shape index (κ3) is 5.82. The molecule has 1 aromatic heterocycles. The number of para-hydroxylation sites is 1. The molecule has 0 fully saturated rings. The van der Waals surface area contributed by atoms with E-state index in [-0.39, 0.29) is 11.9 Å². The summed E-state index contributed by atoms with van der Waals surface area (Å²) in [6, 6.07) is 8.11. The fraction of sp³-hybridized carbons (Fsp3) is 0.500. The molecule has 0 aliphatic carbocycles. The molecule has 2 rings (SSSR count). The molecule has 1 N–H and O–H groups in total. The van der Waals surface area contributed by atoms with Crippen molar-refractivity contribution in [2.24, 2.45) is 0 Å². The maximum absolute atomic E-state index is 12.1. The van der Waals surface area contributed by atoms with Crippen LogP contribution in [0, 0.1) is 0 Å². The summed E-state index contributed by atoms with van der Waals surface area (Å²) < 4.78 is 0. The monoisotopic (exact) mass is 331 g/mol. The van der Waals surface area contributed by atoms with Gasteiger partial charge in [-0.05, 0) is 19.4 Å². The van der Waals surface area contributed by atoms with Crippen LogP contribution in [0.25, 0.3) is 10.9 Å². The second kappa shape index (κ2) is 9.50. The van der Waals surface area contributed by atoms with Gasteiger partial charge in [-0.3, -0.25) is 4.79 Å². The van der Waals surface area contributed by atoms with E-state index in [4.69, 9.17) is 0 Å². The first-order valence-electron chi connectivity index (χ1n) is 8.32. The van der Waals surface area contributed by atoms with Crippen molar-refractivity contribution in [3.8, 4) is 0 Å². The highest BCUT2D eigenvalue weighted by molar-refractivity contribution is 8.00. The zero-order valence-electron chi connectivity index (χ0n) is 13.9. The van der Waals surface area contributed by atoms with Gasteiger partial charge in [0.2, 0.25) is 5.91 Å². The molecule has 0 aliphatic heterocycles. The Morgan fingerprint density at radius 3 is 2.87 bits per heavy atom. The van der Waals surface area contributed by atoms with E-state index in [1.807, 2.05) is 24.3 Å². The first-order valence-corrected chi connectivity index (χ1v) is 9.31. The third-order valence-electron chi connectivity index (χ3n) is 3.74. The van der Waals surface area contributed by atoms with Gasteiger partial charge >= 0.3 is 0 Å². The summed E-state index contributed by atoms with van der Waals surface area (Å²) in [7, 11) is 0. The first kappa shape index (κ1) is 17.7. The lowest BCUT2D eigenvalue weighted by Crippen LogP contribution is -2.33. The minimum atomic E-state index is 0.0701. The largest absolute Gasteiger partial charge is 0.353 e. The second-order valence-corrected chi connectivity index (χ2v) is 6.77. The molecule has 4 nitrogen and oxygen atoms in total. The van der Waals surface area contributed by atoms with Gasteiger partial charge in [-0.15, -0.1) is 0 Å². The molecule has 124 valence electrons. The van der Waals surface area contributed by atoms with Crippen LogP contribution in [0.5, 0.6) is 0 Å². The number of amides is 1. The summed E-state index contributed by atoms with van der Waals surface area (Å²) in [5, 5.41) is 4.93. The van der Waals surface area contributed by atoms with Gasteiger partial charge in [0.25, 0.3) is 0 Å². The fourth-order valence-corrected chi connectivity index (χ4v) is 3.30. The summed E-state index contributed by atoms with van der Waals surface area (Å²) in [6.45, 7) is 4.29. The zero-order valence-corrected chi connectivity index (χ0v) is 14.7. The van der Waals surface area contributed by atoms with E-state index in [0.29, 0.717) is 5.75 Å². The van der Waals surface area contributed by atoms with Gasteiger partial charge in [0.15, 0.2) is 0 Å². The van der Waals surface area contributed by atoms with E-state index >= 15 is 0 Å². The van der Waals surface area contributed by atoms with Crippen molar-refractivity contribution in [2.75, 3.05) is 5.75 Å². The molecule has 0 spiro atoms. The molecule has 0 unspecified atom stereocenters. The van der Waals surface area contributed by atoms with Crippen LogP contribution in [0.4, 0.5) is 0 Å². The Kier molecular flexibility index (Phi) is 7.33. The fourth-order valence-electron chi connectivity index (χ4n) is 2.49. The number of fused-ring (bicyclic) bond motifs is 1. The van der Waals surface area contributed by atoms with E-state index in [1.54, 1.807) is 6.33 Å². The number of hydrogen-bond donors (Lipinski definition) is 1. The normalized spacial score (nSPS) is 12.3. The number of nitrogens with zero attached hydrogens (tertiary/aromatic N) is 2. The lowest BCUT2D eigenvalue weighted by atomic mass is 10.1. The van der Waals surface area contributed by atoms with E-state index in [0.717, 1.165) is 22.3 Å². The molecule has 2 aromatic rings. The van der Waals surface area contributed by atoms with Gasteiger partial charge in [0.05, 0.1) is 11.3 Å². The minimum Gasteiger partial charge on any atom is -0.353 e. The molecule has 1 aromatic carbocycles. The number of hydrogen-bond acceptors (Lipinski definition) is 4. The van der Waals surface area contributed by atoms with E-state index in [1.165, 1.54) is 37.4 Å². The Morgan fingerprint density at radius 2 is 2.04 bits per heavy atom. The molecule has 0 radical (unpaired) electrons. The van der Waals surface area contributed by atoms with Crippen molar-refractivity contribution in [1.82, 2.24) is 15.3 Å². The van der Waals surface area contributed by atoms with Crippen molar-refractivity contribution >= 4 is 28.6 Å². The number of thioether (sulfide) groups is 1. The molecular formula is C18H25N3OS. The number of unbranched alkanes of at least 4 members (excludes halogenated alkanes) is 3. The number of benzene rings is 1. The number of aromatic nitrogens is 2. The Balaban J connectivity index is 1.79. The average Bonchev–Trinajstić information content (AvgIpc) is 2.57. The van der Waals surface area contributed by atoms with Gasteiger partial charge in [-0.1, -0.05) is 62.6 Å². The van der Waals surface area contributed by atoms with Gasteiger partial charge in [0.1, 0.15) is 11.4 Å². The highest BCUT2D eigenvalue weighted by Gasteiger charge is 2.10. The molecule has 5 heteroatoms. The van der Waals surface area contributed by atoms with Crippen LogP contribution < -0.4 is 5.32 Å². The number of rotatable bonds is 9. The molecule has 0 aliphatic rings. The standard InChI is InChI=1S/C18H25N3OS/c1-3-4-5-6-9-14(2)21-17(22)12-23-18-15-10-7-8-11-16(15)19-13-20-18/h7-8,10-11,13-14H,3-6,9,12H2,1-2H3,(H,21,22)/t14-/m0/s1. The number of carbonyl (C=O) groups excluding carboxylic acids is 1. The van der Waals surface area contributed by atoms with Crippen LogP contribution in [0.2, 0.25) is 0 Å². The molecule has 1 heterocycles. The first-order chi connectivity index (χ1) is 11.2. The van der Waals surface area contributed by atoms with E-state index < -0.39 is 0 Å². The summed E-state index contributed by atoms with van der Waals surface area (Å²) in [4.78, 5) is 20.6. The Bertz CT molecular complexity index is 627. The summed E-state index contributed by atoms with van der Waals surface area (Å²) in [5.74, 6) is 0.459. The highest BCUT2D eigenvalue weighted by Crippen LogP contribution is 2.23. The van der Waals surface area contributed by atoms with Crippen molar-refractivity contribution in [1.29, 1.82) is 0 Å². The van der Waals surface area contributed by atoms with Crippen LogP contribution in [0.15, 0.2) is 35.6 Å². The maximum Gasteiger partial charge on any atom is 0.230 e. The van der Waals surface area contributed by atoms with Crippen molar-refractivity contribution in [3.63, 3.8) is 0 Å². The topological polar surface area (TPSA) is 54.9 Å². The van der Waals surface area contributed by atoms with Crippen LogP contribution in [0.3, 0.4) is 0 Å². The summed E-state index contributed by atoms with van der Waals surface area (Å²) >= 11 is 1.47. The van der Waals surface area contributed by atoms with E-state index in [2.05, 4.69) is 29.1 Å². The van der Waals surface area contributed by atoms with Gasteiger partial charge in [-0.25, -0.2) is 9.97 Å². The lowest BCUT2D eigenvalue weighted by molar-refractivity contribution is -0.119. The van der Waals surface area contributed by atoms with Gasteiger partial charge in [-0.2, -0.15) is 0 Å². The third-order valence-corrected chi connectivity index (χ3v) is 4.75. The van der Waals surface area contributed by atoms with Gasteiger partial charge < -0.3 is 5.32 Å². The van der Waals surface area contributed by atoms with Crippen molar-refractivity contribution in [2.45, 2.75) is 57.0 Å². The smallest absolute Gasteiger partial charge is 0.230 e. The Morgan fingerprint density at radius 1 is 1.22 bits per heavy atom. The second-order valence-electron chi connectivity index (χ2n) is 5.80. The molecule has 23 heavy (non-hydrogen) atoms. The lowest BCUT2D eigenvalue weighted by Gasteiger charge is -2.13. The van der Waals surface area contributed by atoms with E-state index in [9.17, 15) is 4.79 Å². The van der Waals surface area contributed by atoms with Crippen LogP contribution in [0.1, 0.15) is 46.0 Å². The van der Waals surface area contributed by atoms with Crippen LogP contribution in [-0.2, 0) is 4.79 Å². The molecule has 0 saturated carbocycles. The van der Waals surface area contributed by atoms with Crippen LogP contribution >= 0.6 is 11.8 Å². The van der Waals surface area contributed by atoms with Crippen molar-refractivity contribution < 1.29 is 4.79 Å². The number of nitrogens with one attached hydrogen (secondary N) is 1. The molecular weight excluding hydrogens is 306 g/mol. The van der Waals surface area contributed by atoms with Crippen LogP contribution in [-0.4, -0.2) is 27.7 Å². The predicted octanol–water partition coefficient (Wildman–Crippen LogP) is 4.20. The minimum absolute atomic E-state index is 0.0701. The quantitative estimate of drug-likeness (QED) is 0.425. The zero-order chi connectivity index (χ0) is 16.5. The highest BCUT2D eigenvalue weighted by atomic mass is 32.2. The average molecular weight is 331 g/mol. The Labute approximate surface area is 142 Å². The molecule has 1 atom stereocenters. The Hall–Kier alpha value is -1.62. The molecule has 0 saturated heterocycles. The summed E-state index contributed by atoms with van der Waals surface area (Å²) in [6.07, 6.45) is 7.55. The predicted molar refractivity (Wildman–Crippen MR) is 96.6 cm³/mol. The maximum atomic E-state index is 12.1. The van der Waals surface area contributed by atoms with Crippen molar-refractivity contribution in [3.05, 3.63) is 30.6 Å². The van der Waals surface area contributed by atoms with Gasteiger partial charge in [0, 0.05) is 11.4 Å². The molecule has 0 bridgehead atoms. The SMILES string of the molecule is CCCCCC[C@H](C)NC(=O)CSc1ncnc2ccccc12. The molecule has 1 amide bonds.